The van der Waals surface area contributed by atoms with E-state index in [0.29, 0.717) is 27.9 Å². The van der Waals surface area contributed by atoms with Gasteiger partial charge in [-0.3, -0.25) is 20.3 Å². The van der Waals surface area contributed by atoms with E-state index in [1.807, 2.05) is 0 Å². The number of anilines is 1. The van der Waals surface area contributed by atoms with Gasteiger partial charge in [0, 0.05) is 18.6 Å². The number of nitro groups is 1. The number of aromatic nitrogens is 1. The molecule has 2 rings (SSSR count). The van der Waals surface area contributed by atoms with Gasteiger partial charge < -0.3 is 9.47 Å². The number of carbonyl (C=O) groups excluding carboxylic acids is 1. The number of nitro benzene ring substituents is 1. The van der Waals surface area contributed by atoms with E-state index in [2.05, 4.69) is 15.5 Å². The minimum absolute atomic E-state index is 0.0643. The van der Waals surface area contributed by atoms with Crippen molar-refractivity contribution in [2.24, 2.45) is 5.10 Å². The number of hydrogen-bond acceptors (Lipinski definition) is 9. The van der Waals surface area contributed by atoms with Crippen molar-refractivity contribution in [1.82, 2.24) is 4.98 Å². The van der Waals surface area contributed by atoms with Crippen LogP contribution in [0, 0.1) is 17.0 Å². The highest BCUT2D eigenvalue weighted by Crippen LogP contribution is 2.38. The van der Waals surface area contributed by atoms with Gasteiger partial charge in [0.15, 0.2) is 11.5 Å². The Morgan fingerprint density at radius 1 is 1.37 bits per heavy atom. The van der Waals surface area contributed by atoms with Crippen molar-refractivity contribution in [3.05, 3.63) is 38.4 Å². The highest BCUT2D eigenvalue weighted by atomic mass is 32.1. The van der Waals surface area contributed by atoms with Gasteiger partial charge in [-0.15, -0.1) is 0 Å². The molecule has 2 aromatic rings. The molecule has 0 aliphatic carbocycles. The molecule has 0 bridgehead atoms. The molecule has 0 radical (unpaired) electrons. The summed E-state index contributed by atoms with van der Waals surface area (Å²) in [4.78, 5) is 27.1. The Labute approximate surface area is 160 Å². The van der Waals surface area contributed by atoms with Gasteiger partial charge in [-0.25, -0.2) is 4.98 Å². The zero-order chi connectivity index (χ0) is 20.0. The fourth-order valence-electron chi connectivity index (χ4n) is 2.30. The lowest BCUT2D eigenvalue weighted by molar-refractivity contribution is -0.385. The van der Waals surface area contributed by atoms with Crippen LogP contribution in [0.3, 0.4) is 0 Å². The third kappa shape index (κ3) is 5.00. The Bertz CT molecular complexity index is 878. The van der Waals surface area contributed by atoms with Gasteiger partial charge in [0.1, 0.15) is 0 Å². The van der Waals surface area contributed by atoms with Gasteiger partial charge in [0.05, 0.1) is 34.9 Å². The fraction of sp³-hybridized carbons (Fsp3) is 0.353. The van der Waals surface area contributed by atoms with Crippen LogP contribution >= 0.6 is 11.3 Å². The number of nitrogens with zero attached hydrogens (tertiary/aromatic N) is 3. The van der Waals surface area contributed by atoms with Crippen LogP contribution in [-0.4, -0.2) is 35.1 Å². The molecule has 0 aliphatic rings. The van der Waals surface area contributed by atoms with Crippen molar-refractivity contribution in [2.45, 2.75) is 27.7 Å². The van der Waals surface area contributed by atoms with E-state index in [1.165, 1.54) is 30.5 Å². The highest BCUT2D eigenvalue weighted by molar-refractivity contribution is 7.17. The van der Waals surface area contributed by atoms with Crippen LogP contribution in [0.5, 0.6) is 11.5 Å². The van der Waals surface area contributed by atoms with E-state index in [9.17, 15) is 14.9 Å². The first-order valence-electron chi connectivity index (χ1n) is 8.22. The van der Waals surface area contributed by atoms with E-state index in [4.69, 9.17) is 9.47 Å². The number of ether oxygens (including phenoxy) is 2. The molecule has 0 spiro atoms. The molecule has 9 nitrogen and oxygen atoms in total. The summed E-state index contributed by atoms with van der Waals surface area (Å²) in [5.74, 6) is 0.306. The molecule has 27 heavy (non-hydrogen) atoms. The number of hydrogen-bond donors (Lipinski definition) is 1. The molecule has 144 valence electrons. The Morgan fingerprint density at radius 2 is 2.07 bits per heavy atom. The first kappa shape index (κ1) is 20.3. The Hall–Kier alpha value is -3.01. The third-order valence-electron chi connectivity index (χ3n) is 3.33. The monoisotopic (exact) mass is 392 g/mol. The van der Waals surface area contributed by atoms with Crippen LogP contribution in [0.2, 0.25) is 0 Å². The summed E-state index contributed by atoms with van der Waals surface area (Å²) >= 11 is 1.19. The zero-order valence-corrected chi connectivity index (χ0v) is 16.3. The van der Waals surface area contributed by atoms with E-state index < -0.39 is 4.92 Å². The van der Waals surface area contributed by atoms with Crippen LogP contribution in [0.15, 0.2) is 17.2 Å². The zero-order valence-electron chi connectivity index (χ0n) is 15.4. The number of benzene rings is 1. The van der Waals surface area contributed by atoms with Crippen LogP contribution < -0.4 is 14.9 Å². The first-order chi connectivity index (χ1) is 12.9. The lowest BCUT2D eigenvalue weighted by Crippen LogP contribution is -2.03. The van der Waals surface area contributed by atoms with Crippen LogP contribution in [0.4, 0.5) is 10.8 Å². The molecule has 1 N–H and O–H groups in total. The van der Waals surface area contributed by atoms with E-state index in [-0.39, 0.29) is 29.6 Å². The summed E-state index contributed by atoms with van der Waals surface area (Å²) in [7, 11) is 0. The van der Waals surface area contributed by atoms with Gasteiger partial charge in [-0.2, -0.15) is 5.10 Å². The fourth-order valence-corrected chi connectivity index (χ4v) is 3.11. The average molecular weight is 392 g/mol. The smallest absolute Gasteiger partial charge is 0.315 e. The number of hydrazone groups is 1. The number of rotatable bonds is 9. The number of Topliss-reactive ketones (excluding diaryl/α,β-unsaturated/α-hetero) is 1. The maximum atomic E-state index is 11.5. The third-order valence-corrected chi connectivity index (χ3v) is 4.50. The Balaban J connectivity index is 2.29. The maximum absolute atomic E-state index is 11.5. The summed E-state index contributed by atoms with van der Waals surface area (Å²) in [5.41, 5.74) is 3.62. The molecule has 0 saturated carbocycles. The molecule has 1 aromatic carbocycles. The SMILES string of the molecule is CCOc1cc(/C=N\Nc2nc(C)c(C(C)=O)s2)cc([N+](=O)[O-])c1OCC. The van der Waals surface area contributed by atoms with E-state index in [0.717, 1.165) is 0 Å². The van der Waals surface area contributed by atoms with Crippen molar-refractivity contribution < 1.29 is 19.2 Å². The Kier molecular flexibility index (Phi) is 6.83. The second kappa shape index (κ2) is 9.08. The quantitative estimate of drug-likeness (QED) is 0.298. The van der Waals surface area contributed by atoms with Gasteiger partial charge >= 0.3 is 5.69 Å². The van der Waals surface area contributed by atoms with Gasteiger partial charge in [0.25, 0.3) is 0 Å². The molecule has 0 unspecified atom stereocenters. The molecule has 0 aliphatic heterocycles. The molecule has 1 heterocycles. The normalized spacial score (nSPS) is 10.8. The van der Waals surface area contributed by atoms with Gasteiger partial charge in [0.2, 0.25) is 10.9 Å². The molecule has 0 fully saturated rings. The van der Waals surface area contributed by atoms with Crippen molar-refractivity contribution >= 4 is 34.2 Å². The van der Waals surface area contributed by atoms with Crippen molar-refractivity contribution in [2.75, 3.05) is 18.6 Å². The first-order valence-corrected chi connectivity index (χ1v) is 9.04. The molecule has 0 atom stereocenters. The molecule has 0 saturated heterocycles. The minimum atomic E-state index is -0.526. The Morgan fingerprint density at radius 3 is 2.63 bits per heavy atom. The predicted molar refractivity (Wildman–Crippen MR) is 104 cm³/mol. The summed E-state index contributed by atoms with van der Waals surface area (Å²) in [5, 5.41) is 15.9. The number of aryl methyl sites for hydroxylation is 1. The molecule has 0 amide bonds. The molecular weight excluding hydrogens is 372 g/mol. The summed E-state index contributed by atoms with van der Waals surface area (Å²) in [6, 6.07) is 2.97. The summed E-state index contributed by atoms with van der Waals surface area (Å²) in [6.07, 6.45) is 1.41. The summed E-state index contributed by atoms with van der Waals surface area (Å²) in [6.45, 7) is 7.35. The standard InChI is InChI=1S/C17H20N4O5S/c1-5-25-14-8-12(7-13(21(23)24)15(14)26-6-2)9-18-20-17-19-10(3)16(27-17)11(4)22/h7-9H,5-6H2,1-4H3,(H,19,20)/b18-9-. The van der Waals surface area contributed by atoms with Crippen LogP contribution in [0.1, 0.15) is 41.7 Å². The maximum Gasteiger partial charge on any atom is 0.315 e. The van der Waals surface area contributed by atoms with Crippen molar-refractivity contribution in [1.29, 1.82) is 0 Å². The van der Waals surface area contributed by atoms with Crippen LogP contribution in [0.25, 0.3) is 0 Å². The van der Waals surface area contributed by atoms with Crippen LogP contribution in [-0.2, 0) is 0 Å². The average Bonchev–Trinajstić information content (AvgIpc) is 2.98. The highest BCUT2D eigenvalue weighted by Gasteiger charge is 2.22. The number of nitrogens with one attached hydrogen (secondary N) is 1. The summed E-state index contributed by atoms with van der Waals surface area (Å²) < 4.78 is 10.9. The molecule has 1 aromatic heterocycles. The van der Waals surface area contributed by atoms with Gasteiger partial charge in [-0.05, 0) is 26.8 Å². The lowest BCUT2D eigenvalue weighted by atomic mass is 10.2. The van der Waals surface area contributed by atoms with E-state index in [1.54, 1.807) is 26.8 Å². The number of thiazole rings is 1. The largest absolute Gasteiger partial charge is 0.490 e. The topological polar surface area (TPSA) is 116 Å². The second-order valence-corrected chi connectivity index (χ2v) is 6.35. The van der Waals surface area contributed by atoms with Crippen molar-refractivity contribution in [3.8, 4) is 11.5 Å². The van der Waals surface area contributed by atoms with Gasteiger partial charge in [-0.1, -0.05) is 11.3 Å². The lowest BCUT2D eigenvalue weighted by Gasteiger charge is -2.11. The predicted octanol–water partition coefficient (Wildman–Crippen LogP) is 3.81. The molecular formula is C17H20N4O5S. The number of ketones is 1. The number of carbonyl (C=O) groups is 1. The second-order valence-electron chi connectivity index (χ2n) is 5.35. The molecule has 10 heteroatoms. The minimum Gasteiger partial charge on any atom is -0.490 e. The van der Waals surface area contributed by atoms with E-state index >= 15 is 0 Å². The van der Waals surface area contributed by atoms with Crippen molar-refractivity contribution in [3.63, 3.8) is 0 Å².